The molecule has 0 aromatic heterocycles. The van der Waals surface area contributed by atoms with Gasteiger partial charge >= 0.3 is 0 Å². The third kappa shape index (κ3) is 10.1. The summed E-state index contributed by atoms with van der Waals surface area (Å²) in [6, 6.07) is 2.30. The van der Waals surface area contributed by atoms with Gasteiger partial charge in [0.25, 0.3) is 0 Å². The van der Waals surface area contributed by atoms with Crippen molar-refractivity contribution in [2.45, 2.75) is 115 Å². The summed E-state index contributed by atoms with van der Waals surface area (Å²) in [7, 11) is -5.64. The molecule has 196 valence electrons. The normalized spacial score (nSPS) is 22.0. The molecule has 2 rings (SSSR count). The summed E-state index contributed by atoms with van der Waals surface area (Å²) in [6.45, 7) is 28.2. The van der Waals surface area contributed by atoms with Crippen molar-refractivity contribution in [3.05, 3.63) is 0 Å². The summed E-state index contributed by atoms with van der Waals surface area (Å²) in [5.74, 6) is 0. The van der Waals surface area contributed by atoms with E-state index in [1.165, 1.54) is 6.04 Å². The number of hydrogen-bond acceptors (Lipinski definition) is 6. The summed E-state index contributed by atoms with van der Waals surface area (Å²) >= 11 is 0. The monoisotopic (exact) mass is 520 g/mol. The molecule has 0 amide bonds. The Hall–Kier alpha value is 0.411. The quantitative estimate of drug-likeness (QED) is 0.137. The zero-order chi connectivity index (χ0) is 25.0. The summed E-state index contributed by atoms with van der Waals surface area (Å²) in [5, 5.41) is -0.367. The Bertz CT molecular complexity index is 601. The van der Waals surface area contributed by atoms with Gasteiger partial charge in [-0.2, -0.15) is 0 Å². The van der Waals surface area contributed by atoms with Crippen LogP contribution in [0.3, 0.4) is 0 Å². The highest BCUT2D eigenvalue weighted by atomic mass is 28.4. The van der Waals surface area contributed by atoms with Crippen molar-refractivity contribution in [1.82, 2.24) is 0 Å². The van der Waals surface area contributed by atoms with Crippen molar-refractivity contribution >= 4 is 24.7 Å². The van der Waals surface area contributed by atoms with E-state index >= 15 is 0 Å². The van der Waals surface area contributed by atoms with E-state index in [0.717, 1.165) is 58.5 Å². The minimum Gasteiger partial charge on any atom is -0.412 e. The smallest absolute Gasteiger partial charge is 0.216 e. The Balaban J connectivity index is 1.82. The van der Waals surface area contributed by atoms with Crippen LogP contribution >= 0.6 is 0 Å². The van der Waals surface area contributed by atoms with Crippen LogP contribution in [0.25, 0.3) is 0 Å². The SMILES string of the molecule is CC(C)(O[Si](C)(C)C(C)(C)O[Si](C)(C)CCCOCC1CO1)[Si](C)(C)CCCOCC1CO1. The van der Waals surface area contributed by atoms with Gasteiger partial charge in [0.05, 0.1) is 39.7 Å². The second-order valence-electron chi connectivity index (χ2n) is 12.6. The van der Waals surface area contributed by atoms with Crippen LogP contribution in [0.1, 0.15) is 40.5 Å². The van der Waals surface area contributed by atoms with Gasteiger partial charge in [-0.1, -0.05) is 19.1 Å². The van der Waals surface area contributed by atoms with Gasteiger partial charge < -0.3 is 27.8 Å². The molecule has 6 nitrogen and oxygen atoms in total. The van der Waals surface area contributed by atoms with E-state index in [0.29, 0.717) is 12.2 Å². The lowest BCUT2D eigenvalue weighted by molar-refractivity contribution is 0.0944. The molecule has 0 spiro atoms. The number of rotatable bonds is 18. The van der Waals surface area contributed by atoms with Gasteiger partial charge in [-0.05, 0) is 72.8 Å². The predicted octanol–water partition coefficient (Wildman–Crippen LogP) is 5.38. The molecule has 0 bridgehead atoms. The van der Waals surface area contributed by atoms with E-state index in [1.54, 1.807) is 0 Å². The molecule has 2 aliphatic rings. The lowest BCUT2D eigenvalue weighted by Crippen LogP contribution is -2.65. The van der Waals surface area contributed by atoms with Gasteiger partial charge in [-0.3, -0.25) is 0 Å². The Labute approximate surface area is 206 Å². The molecular weight excluding hydrogens is 469 g/mol. The van der Waals surface area contributed by atoms with E-state index in [2.05, 4.69) is 67.0 Å². The van der Waals surface area contributed by atoms with Gasteiger partial charge in [-0.25, -0.2) is 0 Å². The third-order valence-electron chi connectivity index (χ3n) is 7.69. The molecule has 0 saturated carbocycles. The molecule has 2 heterocycles. The van der Waals surface area contributed by atoms with Crippen molar-refractivity contribution in [3.8, 4) is 0 Å². The Kier molecular flexibility index (Phi) is 10.5. The molecule has 0 aliphatic carbocycles. The topological polar surface area (TPSA) is 62.0 Å². The minimum atomic E-state index is -2.16. The van der Waals surface area contributed by atoms with Crippen LogP contribution in [0.4, 0.5) is 0 Å². The van der Waals surface area contributed by atoms with Crippen LogP contribution in [-0.2, 0) is 27.8 Å². The van der Waals surface area contributed by atoms with Crippen LogP contribution in [-0.4, -0.2) is 87.0 Å². The van der Waals surface area contributed by atoms with Crippen LogP contribution < -0.4 is 0 Å². The van der Waals surface area contributed by atoms with Crippen molar-refractivity contribution in [2.24, 2.45) is 0 Å². The molecule has 0 radical (unpaired) electrons. The fourth-order valence-electron chi connectivity index (χ4n) is 4.04. The summed E-state index contributed by atoms with van der Waals surface area (Å²) in [6.07, 6.45) is 2.83. The Morgan fingerprint density at radius 1 is 0.697 bits per heavy atom. The molecular formula is C24H52O6Si3. The number of ether oxygens (including phenoxy) is 4. The maximum absolute atomic E-state index is 7.08. The van der Waals surface area contributed by atoms with Crippen LogP contribution in [0, 0.1) is 0 Å². The standard InChI is InChI=1S/C24H52O6Si3/c1-23(2,31(5,6)15-11-13-25-17-21-19-27-21)30-33(9,10)24(3,4)29-32(7,8)16-12-14-26-18-22-20-28-22/h21-22H,11-20H2,1-10H3. The van der Waals surface area contributed by atoms with E-state index in [1.807, 2.05) is 0 Å². The van der Waals surface area contributed by atoms with E-state index in [-0.39, 0.29) is 10.4 Å². The van der Waals surface area contributed by atoms with Crippen molar-refractivity contribution < 1.29 is 27.8 Å². The molecule has 0 aromatic rings. The van der Waals surface area contributed by atoms with E-state index < -0.39 is 24.7 Å². The van der Waals surface area contributed by atoms with Crippen LogP contribution in [0.5, 0.6) is 0 Å². The van der Waals surface area contributed by atoms with Gasteiger partial charge in [0.1, 0.15) is 12.2 Å². The second kappa shape index (κ2) is 11.6. The molecule has 33 heavy (non-hydrogen) atoms. The molecule has 0 aromatic carbocycles. The average molecular weight is 521 g/mol. The fraction of sp³-hybridized carbons (Fsp3) is 1.00. The highest BCUT2D eigenvalue weighted by Crippen LogP contribution is 2.38. The summed E-state index contributed by atoms with van der Waals surface area (Å²) in [5.41, 5.74) is 0. The van der Waals surface area contributed by atoms with Crippen molar-refractivity contribution in [2.75, 3.05) is 39.6 Å². The average Bonchev–Trinajstić information content (AvgIpc) is 3.54. The van der Waals surface area contributed by atoms with Gasteiger partial charge in [0, 0.05) is 18.4 Å². The van der Waals surface area contributed by atoms with E-state index in [9.17, 15) is 0 Å². The zero-order valence-corrected chi connectivity index (χ0v) is 26.2. The lowest BCUT2D eigenvalue weighted by Gasteiger charge is -2.51. The zero-order valence-electron chi connectivity index (χ0n) is 23.2. The summed E-state index contributed by atoms with van der Waals surface area (Å²) < 4.78 is 35.9. The first-order valence-corrected chi connectivity index (χ1v) is 22.1. The molecule has 2 atom stereocenters. The molecule has 9 heteroatoms. The van der Waals surface area contributed by atoms with E-state index in [4.69, 9.17) is 27.8 Å². The minimum absolute atomic E-state index is 0.118. The van der Waals surface area contributed by atoms with Gasteiger partial charge in [-0.15, -0.1) is 0 Å². The first-order chi connectivity index (χ1) is 15.1. The van der Waals surface area contributed by atoms with Crippen LogP contribution in [0.15, 0.2) is 0 Å². The third-order valence-corrected chi connectivity index (χ3v) is 19.7. The first kappa shape index (κ1) is 29.6. The first-order valence-electron chi connectivity index (χ1n) is 12.9. The molecule has 2 aliphatic heterocycles. The Morgan fingerprint density at radius 2 is 1.15 bits per heavy atom. The largest absolute Gasteiger partial charge is 0.412 e. The number of epoxide rings is 2. The summed E-state index contributed by atoms with van der Waals surface area (Å²) in [4.78, 5) is 0. The van der Waals surface area contributed by atoms with Gasteiger partial charge in [0.2, 0.25) is 8.32 Å². The highest BCUT2D eigenvalue weighted by Gasteiger charge is 2.51. The maximum Gasteiger partial charge on any atom is 0.216 e. The number of hydrogen-bond donors (Lipinski definition) is 0. The molecule has 2 saturated heterocycles. The second-order valence-corrected chi connectivity index (χ2v) is 26.8. The lowest BCUT2D eigenvalue weighted by atomic mass is 10.5. The Morgan fingerprint density at radius 3 is 1.61 bits per heavy atom. The fourth-order valence-corrected chi connectivity index (χ4v) is 13.4. The van der Waals surface area contributed by atoms with Crippen molar-refractivity contribution in [1.29, 1.82) is 0 Å². The predicted molar refractivity (Wildman–Crippen MR) is 143 cm³/mol. The maximum atomic E-state index is 7.08. The van der Waals surface area contributed by atoms with Gasteiger partial charge in [0.15, 0.2) is 8.32 Å². The molecule has 2 unspecified atom stereocenters. The van der Waals surface area contributed by atoms with Crippen LogP contribution in [0.2, 0.25) is 51.4 Å². The molecule has 2 fully saturated rings. The highest BCUT2D eigenvalue weighted by molar-refractivity contribution is 6.82. The molecule has 0 N–H and O–H groups in total. The van der Waals surface area contributed by atoms with Crippen molar-refractivity contribution in [3.63, 3.8) is 0 Å².